The molecule has 1 unspecified atom stereocenters. The van der Waals surface area contributed by atoms with E-state index < -0.39 is 5.60 Å². The van der Waals surface area contributed by atoms with Crippen LogP contribution >= 0.6 is 0 Å². The van der Waals surface area contributed by atoms with Gasteiger partial charge in [0.2, 0.25) is 5.91 Å². The Hall–Kier alpha value is -0.610. The van der Waals surface area contributed by atoms with Gasteiger partial charge in [0.25, 0.3) is 0 Å². The minimum atomic E-state index is -0.686. The van der Waals surface area contributed by atoms with E-state index in [-0.39, 0.29) is 11.8 Å². The van der Waals surface area contributed by atoms with Gasteiger partial charge in [-0.3, -0.25) is 4.79 Å². The molecule has 0 spiro atoms. The molecular formula is C15H30N2O2. The molecule has 1 aliphatic rings. The van der Waals surface area contributed by atoms with Crippen LogP contribution < -0.4 is 11.1 Å². The number of rotatable bonds is 7. The van der Waals surface area contributed by atoms with Crippen LogP contribution in [0, 0.1) is 11.8 Å². The summed E-state index contributed by atoms with van der Waals surface area (Å²) < 4.78 is 0. The first-order chi connectivity index (χ1) is 9.00. The van der Waals surface area contributed by atoms with Gasteiger partial charge in [0, 0.05) is 12.5 Å². The Kier molecular flexibility index (Phi) is 6.80. The quantitative estimate of drug-likeness (QED) is 0.660. The third-order valence-corrected chi connectivity index (χ3v) is 4.49. The lowest BCUT2D eigenvalue weighted by Gasteiger charge is -2.36. The lowest BCUT2D eigenvalue weighted by Crippen LogP contribution is -2.46. The molecule has 0 bridgehead atoms. The maximum absolute atomic E-state index is 11.9. The van der Waals surface area contributed by atoms with Crippen molar-refractivity contribution >= 4 is 5.91 Å². The van der Waals surface area contributed by atoms with Crippen LogP contribution in [-0.2, 0) is 4.79 Å². The monoisotopic (exact) mass is 270 g/mol. The number of nitrogens with one attached hydrogen (secondary N) is 1. The SMILES string of the molecule is CCC1CCC(O)(CNC(=O)C(C)CCCN)CC1. The second kappa shape index (κ2) is 7.85. The maximum atomic E-state index is 11.9. The number of carbonyl (C=O) groups excluding carboxylic acids is 1. The number of carbonyl (C=O) groups is 1. The first-order valence-electron chi connectivity index (χ1n) is 7.71. The van der Waals surface area contributed by atoms with Gasteiger partial charge in [-0.25, -0.2) is 0 Å². The molecule has 0 radical (unpaired) electrons. The van der Waals surface area contributed by atoms with Gasteiger partial charge in [-0.2, -0.15) is 0 Å². The number of hydrogen-bond acceptors (Lipinski definition) is 3. The maximum Gasteiger partial charge on any atom is 0.222 e. The van der Waals surface area contributed by atoms with Gasteiger partial charge in [-0.1, -0.05) is 20.3 Å². The summed E-state index contributed by atoms with van der Waals surface area (Å²) in [5.74, 6) is 0.776. The second-order valence-electron chi connectivity index (χ2n) is 6.13. The van der Waals surface area contributed by atoms with E-state index in [1.165, 1.54) is 6.42 Å². The number of aliphatic hydroxyl groups is 1. The molecule has 1 fully saturated rings. The predicted molar refractivity (Wildman–Crippen MR) is 77.7 cm³/mol. The van der Waals surface area contributed by atoms with Crippen LogP contribution in [0.15, 0.2) is 0 Å². The van der Waals surface area contributed by atoms with Gasteiger partial charge in [0.05, 0.1) is 5.60 Å². The highest BCUT2D eigenvalue weighted by molar-refractivity contribution is 5.78. The Balaban J connectivity index is 2.29. The van der Waals surface area contributed by atoms with Crippen molar-refractivity contribution < 1.29 is 9.90 Å². The normalized spacial score (nSPS) is 28.9. The van der Waals surface area contributed by atoms with E-state index in [1.54, 1.807) is 0 Å². The van der Waals surface area contributed by atoms with Crippen LogP contribution in [0.4, 0.5) is 0 Å². The average Bonchev–Trinajstić information content (AvgIpc) is 2.43. The molecule has 1 rings (SSSR count). The molecule has 1 aliphatic carbocycles. The third-order valence-electron chi connectivity index (χ3n) is 4.49. The fourth-order valence-corrected chi connectivity index (χ4v) is 2.78. The topological polar surface area (TPSA) is 75.3 Å². The van der Waals surface area contributed by atoms with Crippen LogP contribution in [0.25, 0.3) is 0 Å². The molecule has 1 amide bonds. The lowest BCUT2D eigenvalue weighted by molar-refractivity contribution is -0.126. The van der Waals surface area contributed by atoms with Crippen LogP contribution in [0.3, 0.4) is 0 Å². The first-order valence-corrected chi connectivity index (χ1v) is 7.71. The highest BCUT2D eigenvalue weighted by Gasteiger charge is 2.33. The summed E-state index contributed by atoms with van der Waals surface area (Å²) in [6, 6.07) is 0. The zero-order chi connectivity index (χ0) is 14.3. The van der Waals surface area contributed by atoms with Crippen molar-refractivity contribution in [2.45, 2.75) is 64.4 Å². The Bertz CT molecular complexity index is 273. The predicted octanol–water partition coefficient (Wildman–Crippen LogP) is 1.81. The fraction of sp³-hybridized carbons (Fsp3) is 0.933. The van der Waals surface area contributed by atoms with E-state index in [2.05, 4.69) is 12.2 Å². The first kappa shape index (κ1) is 16.4. The summed E-state index contributed by atoms with van der Waals surface area (Å²) in [4.78, 5) is 11.9. The summed E-state index contributed by atoms with van der Waals surface area (Å²) in [7, 11) is 0. The molecule has 0 aliphatic heterocycles. The average molecular weight is 270 g/mol. The molecule has 4 N–H and O–H groups in total. The van der Waals surface area contributed by atoms with E-state index in [4.69, 9.17) is 5.73 Å². The van der Waals surface area contributed by atoms with E-state index in [9.17, 15) is 9.90 Å². The molecular weight excluding hydrogens is 240 g/mol. The van der Waals surface area contributed by atoms with E-state index in [1.807, 2.05) is 6.92 Å². The molecule has 0 aromatic heterocycles. The van der Waals surface area contributed by atoms with Crippen LogP contribution in [0.2, 0.25) is 0 Å². The second-order valence-corrected chi connectivity index (χ2v) is 6.13. The molecule has 112 valence electrons. The van der Waals surface area contributed by atoms with E-state index in [0.29, 0.717) is 13.1 Å². The molecule has 4 nitrogen and oxygen atoms in total. The standard InChI is InChI=1S/C15H30N2O2/c1-3-13-6-8-15(19,9-7-13)11-17-14(18)12(2)5-4-10-16/h12-13,19H,3-11,16H2,1-2H3,(H,17,18). The van der Waals surface area contributed by atoms with Crippen molar-refractivity contribution in [2.75, 3.05) is 13.1 Å². The van der Waals surface area contributed by atoms with Crippen LogP contribution in [0.5, 0.6) is 0 Å². The van der Waals surface area contributed by atoms with Crippen molar-refractivity contribution in [3.8, 4) is 0 Å². The van der Waals surface area contributed by atoms with Crippen molar-refractivity contribution in [1.82, 2.24) is 5.32 Å². The molecule has 0 aromatic rings. The van der Waals surface area contributed by atoms with E-state index in [0.717, 1.165) is 44.4 Å². The van der Waals surface area contributed by atoms with Crippen LogP contribution in [0.1, 0.15) is 58.8 Å². The van der Waals surface area contributed by atoms with Crippen molar-refractivity contribution in [3.05, 3.63) is 0 Å². The largest absolute Gasteiger partial charge is 0.388 e. The summed E-state index contributed by atoms with van der Waals surface area (Å²) in [6.45, 7) is 5.15. The molecule has 0 heterocycles. The number of hydrogen-bond donors (Lipinski definition) is 3. The van der Waals surface area contributed by atoms with Gasteiger partial charge >= 0.3 is 0 Å². The fourth-order valence-electron chi connectivity index (χ4n) is 2.78. The van der Waals surface area contributed by atoms with Gasteiger partial charge in [0.1, 0.15) is 0 Å². The molecule has 19 heavy (non-hydrogen) atoms. The van der Waals surface area contributed by atoms with Gasteiger partial charge < -0.3 is 16.2 Å². The van der Waals surface area contributed by atoms with Gasteiger partial charge in [-0.05, 0) is 51.0 Å². The summed E-state index contributed by atoms with van der Waals surface area (Å²) in [5.41, 5.74) is 4.76. The number of nitrogens with two attached hydrogens (primary N) is 1. The molecule has 4 heteroatoms. The van der Waals surface area contributed by atoms with E-state index >= 15 is 0 Å². The minimum Gasteiger partial charge on any atom is -0.388 e. The minimum absolute atomic E-state index is 0.0147. The highest BCUT2D eigenvalue weighted by atomic mass is 16.3. The Morgan fingerprint density at radius 3 is 2.63 bits per heavy atom. The summed E-state index contributed by atoms with van der Waals surface area (Å²) in [5, 5.41) is 13.4. The smallest absolute Gasteiger partial charge is 0.222 e. The number of amides is 1. The lowest BCUT2D eigenvalue weighted by atomic mass is 9.78. The molecule has 0 aromatic carbocycles. The Morgan fingerprint density at radius 2 is 2.11 bits per heavy atom. The highest BCUT2D eigenvalue weighted by Crippen LogP contribution is 2.33. The summed E-state index contributed by atoms with van der Waals surface area (Å²) >= 11 is 0. The van der Waals surface area contributed by atoms with Crippen molar-refractivity contribution in [3.63, 3.8) is 0 Å². The van der Waals surface area contributed by atoms with Crippen molar-refractivity contribution in [1.29, 1.82) is 0 Å². The van der Waals surface area contributed by atoms with Gasteiger partial charge in [0.15, 0.2) is 0 Å². The van der Waals surface area contributed by atoms with Gasteiger partial charge in [-0.15, -0.1) is 0 Å². The molecule has 0 saturated heterocycles. The third kappa shape index (κ3) is 5.49. The summed E-state index contributed by atoms with van der Waals surface area (Å²) in [6.07, 6.45) is 6.65. The molecule has 1 atom stereocenters. The Labute approximate surface area is 117 Å². The zero-order valence-corrected chi connectivity index (χ0v) is 12.5. The van der Waals surface area contributed by atoms with Crippen molar-refractivity contribution in [2.24, 2.45) is 17.6 Å². The zero-order valence-electron chi connectivity index (χ0n) is 12.5. The Morgan fingerprint density at radius 1 is 1.47 bits per heavy atom. The van der Waals surface area contributed by atoms with Crippen LogP contribution in [-0.4, -0.2) is 29.7 Å². The molecule has 1 saturated carbocycles.